The van der Waals surface area contributed by atoms with Gasteiger partial charge in [0.25, 0.3) is 0 Å². The second-order valence-corrected chi connectivity index (χ2v) is 8.36. The van der Waals surface area contributed by atoms with Crippen LogP contribution in [-0.4, -0.2) is 96.6 Å². The van der Waals surface area contributed by atoms with E-state index in [-0.39, 0.29) is 30.0 Å². The number of aliphatic imine (C=N–C) groups is 1. The highest BCUT2D eigenvalue weighted by atomic mass is 127. The van der Waals surface area contributed by atoms with Crippen molar-refractivity contribution in [3.8, 4) is 11.5 Å². The van der Waals surface area contributed by atoms with Crippen LogP contribution in [0.2, 0.25) is 0 Å². The van der Waals surface area contributed by atoms with Crippen molar-refractivity contribution >= 4 is 29.9 Å². The average molecular weight is 562 g/mol. The molecule has 0 bridgehead atoms. The fraction of sp³-hybridized carbons (Fsp3) is 0.696. The molecule has 2 saturated heterocycles. The molecule has 1 atom stereocenters. The number of nitrogens with one attached hydrogen (secondary N) is 2. The van der Waals surface area contributed by atoms with Crippen LogP contribution in [0.3, 0.4) is 0 Å². The maximum Gasteiger partial charge on any atom is 0.191 e. The number of piperidine rings is 1. The standard InChI is InChI=1S/C23H39N5O3.HI/c1-24-23(25-16-18-7-9-27(2)10-8-18)26-17-20(28-11-13-31-14-12-28)19-5-6-21(29-3)22(15-19)30-4;/h5-6,15,18,20H,7-14,16-17H2,1-4H3,(H2,24,25,26);1H. The van der Waals surface area contributed by atoms with Gasteiger partial charge < -0.3 is 29.7 Å². The molecule has 1 unspecified atom stereocenters. The predicted molar refractivity (Wildman–Crippen MR) is 140 cm³/mol. The van der Waals surface area contributed by atoms with Gasteiger partial charge in [-0.15, -0.1) is 24.0 Å². The first-order chi connectivity index (χ1) is 15.1. The molecular formula is C23H40IN5O3. The van der Waals surface area contributed by atoms with Gasteiger partial charge in [-0.05, 0) is 56.6 Å². The molecule has 2 aliphatic heterocycles. The van der Waals surface area contributed by atoms with Crippen LogP contribution in [0.15, 0.2) is 23.2 Å². The number of likely N-dealkylation sites (tertiary alicyclic amines) is 1. The Bertz CT molecular complexity index is 707. The van der Waals surface area contributed by atoms with Crippen LogP contribution in [-0.2, 0) is 4.74 Å². The van der Waals surface area contributed by atoms with Gasteiger partial charge in [0.2, 0.25) is 0 Å². The summed E-state index contributed by atoms with van der Waals surface area (Å²) in [6, 6.07) is 6.37. The number of morpholine rings is 1. The molecule has 182 valence electrons. The van der Waals surface area contributed by atoms with E-state index < -0.39 is 0 Å². The number of rotatable bonds is 8. The maximum absolute atomic E-state index is 5.58. The molecule has 0 aliphatic carbocycles. The van der Waals surface area contributed by atoms with Crippen LogP contribution in [0, 0.1) is 5.92 Å². The molecule has 8 nitrogen and oxygen atoms in total. The lowest BCUT2D eigenvalue weighted by atomic mass is 9.97. The summed E-state index contributed by atoms with van der Waals surface area (Å²) >= 11 is 0. The fourth-order valence-electron chi connectivity index (χ4n) is 4.33. The molecule has 2 fully saturated rings. The number of hydrogen-bond donors (Lipinski definition) is 2. The van der Waals surface area contributed by atoms with Gasteiger partial charge in [0.1, 0.15) is 0 Å². The third-order valence-corrected chi connectivity index (χ3v) is 6.36. The van der Waals surface area contributed by atoms with E-state index >= 15 is 0 Å². The number of hydrogen-bond acceptors (Lipinski definition) is 6. The van der Waals surface area contributed by atoms with Crippen molar-refractivity contribution in [3.63, 3.8) is 0 Å². The maximum atomic E-state index is 5.58. The van der Waals surface area contributed by atoms with Crippen LogP contribution in [0.25, 0.3) is 0 Å². The minimum atomic E-state index is 0. The largest absolute Gasteiger partial charge is 0.493 e. The smallest absolute Gasteiger partial charge is 0.191 e. The Morgan fingerprint density at radius 1 is 1.09 bits per heavy atom. The summed E-state index contributed by atoms with van der Waals surface area (Å²) in [4.78, 5) is 9.32. The van der Waals surface area contributed by atoms with Crippen LogP contribution in [0.5, 0.6) is 11.5 Å². The molecule has 0 amide bonds. The Morgan fingerprint density at radius 3 is 2.41 bits per heavy atom. The van der Waals surface area contributed by atoms with Crippen molar-refractivity contribution in [2.75, 3.05) is 80.8 Å². The minimum Gasteiger partial charge on any atom is -0.493 e. The zero-order chi connectivity index (χ0) is 22.1. The molecular weight excluding hydrogens is 521 g/mol. The van der Waals surface area contributed by atoms with Gasteiger partial charge in [-0.2, -0.15) is 0 Å². The van der Waals surface area contributed by atoms with Crippen LogP contribution < -0.4 is 20.1 Å². The Balaban J connectivity index is 0.00000363. The Labute approximate surface area is 210 Å². The summed E-state index contributed by atoms with van der Waals surface area (Å²) in [5.74, 6) is 3.06. The van der Waals surface area contributed by atoms with E-state index in [1.807, 2.05) is 13.1 Å². The number of halogens is 1. The SMILES string of the molecule is CN=C(NCC1CCN(C)CC1)NCC(c1ccc(OC)c(OC)c1)N1CCOCC1.I. The van der Waals surface area contributed by atoms with Gasteiger partial charge in [0.15, 0.2) is 17.5 Å². The lowest BCUT2D eigenvalue weighted by Gasteiger charge is -2.35. The molecule has 32 heavy (non-hydrogen) atoms. The third kappa shape index (κ3) is 7.64. The molecule has 3 rings (SSSR count). The van der Waals surface area contributed by atoms with E-state index in [9.17, 15) is 0 Å². The molecule has 1 aromatic carbocycles. The van der Waals surface area contributed by atoms with Crippen molar-refractivity contribution in [1.82, 2.24) is 20.4 Å². The molecule has 2 aliphatic rings. The first kappa shape index (κ1) is 26.9. The summed E-state index contributed by atoms with van der Waals surface area (Å²) in [5, 5.41) is 7.09. The molecule has 0 aromatic heterocycles. The summed E-state index contributed by atoms with van der Waals surface area (Å²) in [5.41, 5.74) is 1.19. The summed E-state index contributed by atoms with van der Waals surface area (Å²) in [6.45, 7) is 7.40. The highest BCUT2D eigenvalue weighted by Gasteiger charge is 2.24. The predicted octanol–water partition coefficient (Wildman–Crippen LogP) is 2.20. The van der Waals surface area contributed by atoms with Crippen LogP contribution >= 0.6 is 24.0 Å². The number of benzene rings is 1. The molecule has 1 aromatic rings. The Kier molecular flexibility index (Phi) is 11.8. The molecule has 2 N–H and O–H groups in total. The van der Waals surface area contributed by atoms with Gasteiger partial charge >= 0.3 is 0 Å². The topological polar surface area (TPSA) is 70.6 Å². The van der Waals surface area contributed by atoms with Crippen molar-refractivity contribution in [3.05, 3.63) is 23.8 Å². The van der Waals surface area contributed by atoms with E-state index in [0.717, 1.165) is 56.9 Å². The second kappa shape index (κ2) is 14.1. The van der Waals surface area contributed by atoms with Gasteiger partial charge in [-0.1, -0.05) is 6.07 Å². The number of guanidine groups is 1. The van der Waals surface area contributed by atoms with E-state index in [1.165, 1.54) is 31.5 Å². The van der Waals surface area contributed by atoms with Gasteiger partial charge in [-0.3, -0.25) is 9.89 Å². The zero-order valence-electron chi connectivity index (χ0n) is 19.9. The Morgan fingerprint density at radius 2 is 1.78 bits per heavy atom. The van der Waals surface area contributed by atoms with Crippen LogP contribution in [0.4, 0.5) is 0 Å². The first-order valence-corrected chi connectivity index (χ1v) is 11.3. The third-order valence-electron chi connectivity index (χ3n) is 6.36. The minimum absolute atomic E-state index is 0. The number of nitrogens with zero attached hydrogens (tertiary/aromatic N) is 3. The van der Waals surface area contributed by atoms with Crippen molar-refractivity contribution < 1.29 is 14.2 Å². The summed E-state index contributed by atoms with van der Waals surface area (Å²) in [7, 11) is 7.38. The molecule has 2 heterocycles. The normalized spacial score (nSPS) is 19.7. The van der Waals surface area contributed by atoms with E-state index in [2.05, 4.69) is 44.6 Å². The number of methoxy groups -OCH3 is 2. The van der Waals surface area contributed by atoms with Crippen molar-refractivity contribution in [1.29, 1.82) is 0 Å². The van der Waals surface area contributed by atoms with E-state index in [0.29, 0.717) is 5.92 Å². The highest BCUT2D eigenvalue weighted by molar-refractivity contribution is 14.0. The van der Waals surface area contributed by atoms with Gasteiger partial charge in [0.05, 0.1) is 33.5 Å². The average Bonchev–Trinajstić information content (AvgIpc) is 2.82. The number of ether oxygens (including phenoxy) is 3. The highest BCUT2D eigenvalue weighted by Crippen LogP contribution is 2.32. The fourth-order valence-corrected chi connectivity index (χ4v) is 4.33. The van der Waals surface area contributed by atoms with Crippen molar-refractivity contribution in [2.24, 2.45) is 10.9 Å². The van der Waals surface area contributed by atoms with E-state index in [4.69, 9.17) is 14.2 Å². The zero-order valence-corrected chi connectivity index (χ0v) is 22.3. The lowest BCUT2D eigenvalue weighted by Crippen LogP contribution is -2.47. The molecule has 0 spiro atoms. The molecule has 9 heteroatoms. The molecule has 0 saturated carbocycles. The Hall–Kier alpha value is -1.30. The monoisotopic (exact) mass is 561 g/mol. The lowest BCUT2D eigenvalue weighted by molar-refractivity contribution is 0.0169. The summed E-state index contributed by atoms with van der Waals surface area (Å²) < 4.78 is 16.5. The first-order valence-electron chi connectivity index (χ1n) is 11.3. The van der Waals surface area contributed by atoms with Crippen molar-refractivity contribution in [2.45, 2.75) is 18.9 Å². The van der Waals surface area contributed by atoms with Crippen LogP contribution in [0.1, 0.15) is 24.4 Å². The van der Waals surface area contributed by atoms with Gasteiger partial charge in [0, 0.05) is 33.2 Å². The second-order valence-electron chi connectivity index (χ2n) is 8.36. The quantitative estimate of drug-likeness (QED) is 0.287. The van der Waals surface area contributed by atoms with E-state index in [1.54, 1.807) is 14.2 Å². The van der Waals surface area contributed by atoms with Gasteiger partial charge in [-0.25, -0.2) is 0 Å². The summed E-state index contributed by atoms with van der Waals surface area (Å²) in [6.07, 6.45) is 2.48. The molecule has 0 radical (unpaired) electrons.